The Balaban J connectivity index is 1.77. The van der Waals surface area contributed by atoms with E-state index in [1.54, 1.807) is 4.90 Å². The van der Waals surface area contributed by atoms with E-state index in [4.69, 9.17) is 4.74 Å². The Morgan fingerprint density at radius 3 is 1.82 bits per heavy atom. The number of nitro benzene ring substituents is 1. The first-order chi connectivity index (χ1) is 18.4. The fourth-order valence-electron chi connectivity index (χ4n) is 4.40. The van der Waals surface area contributed by atoms with Crippen LogP contribution >= 0.6 is 0 Å². The molecule has 0 fully saturated rings. The van der Waals surface area contributed by atoms with Crippen LogP contribution in [0.15, 0.2) is 109 Å². The second-order valence-electron chi connectivity index (χ2n) is 8.87. The van der Waals surface area contributed by atoms with Gasteiger partial charge in [0, 0.05) is 19.5 Å². The molecule has 0 aromatic heterocycles. The van der Waals surface area contributed by atoms with Gasteiger partial charge in [0.2, 0.25) is 0 Å². The van der Waals surface area contributed by atoms with Crippen molar-refractivity contribution in [1.29, 1.82) is 0 Å². The highest BCUT2D eigenvalue weighted by molar-refractivity contribution is 5.74. The summed E-state index contributed by atoms with van der Waals surface area (Å²) in [5.74, 6) is -2.11. The van der Waals surface area contributed by atoms with E-state index in [9.17, 15) is 24.4 Å². The molecule has 0 amide bonds. The highest BCUT2D eigenvalue weighted by Gasteiger charge is 2.37. The lowest BCUT2D eigenvalue weighted by Crippen LogP contribution is -2.51. The number of nitro groups is 1. The maximum atomic E-state index is 13.8. The summed E-state index contributed by atoms with van der Waals surface area (Å²) < 4.78 is 19.9. The maximum absolute atomic E-state index is 13.8. The summed E-state index contributed by atoms with van der Waals surface area (Å²) in [5.41, 5.74) is 2.04. The molecule has 1 N–H and O–H groups in total. The SMILES string of the molecule is O=C(O)C(C(Cc1ccccc1)Oc1ccc(F)cc1[N+](=O)[O-])N(Cc1ccccc1)Cc1ccccc1. The van der Waals surface area contributed by atoms with Crippen molar-refractivity contribution in [3.05, 3.63) is 142 Å². The lowest BCUT2D eigenvalue weighted by molar-refractivity contribution is -0.386. The summed E-state index contributed by atoms with van der Waals surface area (Å²) in [6.07, 6.45) is -0.877. The van der Waals surface area contributed by atoms with Gasteiger partial charge in [-0.3, -0.25) is 19.8 Å². The summed E-state index contributed by atoms with van der Waals surface area (Å²) in [6.45, 7) is 0.597. The number of benzene rings is 4. The van der Waals surface area contributed by atoms with Crippen LogP contribution in [0.1, 0.15) is 16.7 Å². The second-order valence-corrected chi connectivity index (χ2v) is 8.87. The molecule has 0 saturated carbocycles. The van der Waals surface area contributed by atoms with Crippen LogP contribution in [0.5, 0.6) is 5.75 Å². The van der Waals surface area contributed by atoms with Crippen molar-refractivity contribution in [1.82, 2.24) is 4.90 Å². The Hall–Kier alpha value is -4.56. The van der Waals surface area contributed by atoms with Crippen molar-refractivity contribution in [3.8, 4) is 5.75 Å². The molecule has 0 radical (unpaired) electrons. The molecule has 7 nitrogen and oxygen atoms in total. The fraction of sp³-hybridized carbons (Fsp3) is 0.167. The van der Waals surface area contributed by atoms with Crippen LogP contribution in [-0.4, -0.2) is 33.0 Å². The Labute approximate surface area is 219 Å². The minimum absolute atomic E-state index is 0.159. The zero-order valence-electron chi connectivity index (χ0n) is 20.5. The van der Waals surface area contributed by atoms with Gasteiger partial charge in [0.1, 0.15) is 18.0 Å². The van der Waals surface area contributed by atoms with Crippen LogP contribution in [0.2, 0.25) is 0 Å². The van der Waals surface area contributed by atoms with Crippen molar-refractivity contribution in [3.63, 3.8) is 0 Å². The normalized spacial score (nSPS) is 12.6. The predicted octanol–water partition coefficient (Wildman–Crippen LogP) is 5.88. The molecule has 0 aliphatic carbocycles. The molecule has 38 heavy (non-hydrogen) atoms. The van der Waals surface area contributed by atoms with Gasteiger partial charge in [0.15, 0.2) is 5.75 Å². The largest absolute Gasteiger partial charge is 0.481 e. The maximum Gasteiger partial charge on any atom is 0.324 e. The van der Waals surface area contributed by atoms with Gasteiger partial charge in [-0.05, 0) is 28.8 Å². The van der Waals surface area contributed by atoms with E-state index < -0.39 is 34.5 Å². The summed E-state index contributed by atoms with van der Waals surface area (Å²) in [7, 11) is 0. The summed E-state index contributed by atoms with van der Waals surface area (Å²) >= 11 is 0. The zero-order chi connectivity index (χ0) is 26.9. The first-order valence-corrected chi connectivity index (χ1v) is 12.1. The average molecular weight is 515 g/mol. The third kappa shape index (κ3) is 7.02. The smallest absolute Gasteiger partial charge is 0.324 e. The summed E-state index contributed by atoms with van der Waals surface area (Å²) in [4.78, 5) is 25.6. The average Bonchev–Trinajstić information content (AvgIpc) is 2.91. The quantitative estimate of drug-likeness (QED) is 0.188. The van der Waals surface area contributed by atoms with Crippen molar-refractivity contribution in [2.45, 2.75) is 31.7 Å². The molecule has 0 spiro atoms. The van der Waals surface area contributed by atoms with Crippen LogP contribution in [0, 0.1) is 15.9 Å². The Bertz CT molecular complexity index is 1310. The molecule has 4 rings (SSSR count). The number of aliphatic carboxylic acids is 1. The van der Waals surface area contributed by atoms with Gasteiger partial charge >= 0.3 is 11.7 Å². The van der Waals surface area contributed by atoms with Crippen molar-refractivity contribution in [2.24, 2.45) is 0 Å². The molecule has 2 atom stereocenters. The van der Waals surface area contributed by atoms with E-state index in [0.717, 1.165) is 28.8 Å². The monoisotopic (exact) mass is 514 g/mol. The zero-order valence-corrected chi connectivity index (χ0v) is 20.5. The minimum Gasteiger partial charge on any atom is -0.481 e. The van der Waals surface area contributed by atoms with Gasteiger partial charge in [0.05, 0.1) is 11.0 Å². The first kappa shape index (κ1) is 26.5. The lowest BCUT2D eigenvalue weighted by atomic mass is 9.99. The molecule has 4 aromatic rings. The first-order valence-electron chi connectivity index (χ1n) is 12.1. The van der Waals surface area contributed by atoms with Gasteiger partial charge in [0.25, 0.3) is 0 Å². The number of carbonyl (C=O) groups is 1. The highest BCUT2D eigenvalue weighted by atomic mass is 19.1. The molecule has 194 valence electrons. The number of hydrogen-bond donors (Lipinski definition) is 1. The summed E-state index contributed by atoms with van der Waals surface area (Å²) in [6, 6.07) is 29.9. The Morgan fingerprint density at radius 1 is 0.842 bits per heavy atom. The van der Waals surface area contributed by atoms with Crippen LogP contribution in [0.3, 0.4) is 0 Å². The Kier molecular flexibility index (Phi) is 8.79. The van der Waals surface area contributed by atoms with Crippen LogP contribution in [0.25, 0.3) is 0 Å². The van der Waals surface area contributed by atoms with Crippen molar-refractivity contribution >= 4 is 11.7 Å². The third-order valence-corrected chi connectivity index (χ3v) is 6.13. The standard InChI is InChI=1S/C30H27FN2O5/c31-25-16-17-27(26(19-25)33(36)37)38-28(18-22-10-4-1-5-11-22)29(30(34)35)32(20-23-12-6-2-7-13-23)21-24-14-8-3-9-15-24/h1-17,19,28-29H,18,20-21H2,(H,34,35). The molecular weight excluding hydrogens is 487 g/mol. The number of carboxylic acid groups (broad SMARTS) is 1. The number of hydrogen-bond acceptors (Lipinski definition) is 5. The number of halogens is 1. The molecule has 2 unspecified atom stereocenters. The van der Waals surface area contributed by atoms with Crippen molar-refractivity contribution < 1.29 is 24.0 Å². The van der Waals surface area contributed by atoms with E-state index in [2.05, 4.69) is 0 Å². The molecule has 0 saturated heterocycles. The molecule has 4 aromatic carbocycles. The number of ether oxygens (including phenoxy) is 1. The van der Waals surface area contributed by atoms with Gasteiger partial charge in [-0.1, -0.05) is 91.0 Å². The van der Waals surface area contributed by atoms with E-state index >= 15 is 0 Å². The van der Waals surface area contributed by atoms with E-state index in [-0.39, 0.29) is 12.2 Å². The molecule has 0 aliphatic rings. The summed E-state index contributed by atoms with van der Waals surface area (Å²) in [5, 5.41) is 22.2. The fourth-order valence-corrected chi connectivity index (χ4v) is 4.40. The number of carboxylic acids is 1. The lowest BCUT2D eigenvalue weighted by Gasteiger charge is -2.34. The number of nitrogens with zero attached hydrogens (tertiary/aromatic N) is 2. The minimum atomic E-state index is -1.19. The molecule has 0 heterocycles. The van der Waals surface area contributed by atoms with E-state index in [1.165, 1.54) is 6.07 Å². The van der Waals surface area contributed by atoms with Crippen LogP contribution in [0.4, 0.5) is 10.1 Å². The number of rotatable bonds is 12. The third-order valence-electron chi connectivity index (χ3n) is 6.13. The van der Waals surface area contributed by atoms with Crippen LogP contribution in [-0.2, 0) is 24.3 Å². The van der Waals surface area contributed by atoms with Gasteiger partial charge < -0.3 is 9.84 Å². The topological polar surface area (TPSA) is 92.9 Å². The molecule has 0 aliphatic heterocycles. The highest BCUT2D eigenvalue weighted by Crippen LogP contribution is 2.31. The van der Waals surface area contributed by atoms with Crippen LogP contribution < -0.4 is 4.74 Å². The second kappa shape index (κ2) is 12.6. The van der Waals surface area contributed by atoms with Gasteiger partial charge in [-0.2, -0.15) is 0 Å². The molecule has 8 heteroatoms. The van der Waals surface area contributed by atoms with Gasteiger partial charge in [-0.15, -0.1) is 0 Å². The van der Waals surface area contributed by atoms with E-state index in [1.807, 2.05) is 91.0 Å². The predicted molar refractivity (Wildman–Crippen MR) is 141 cm³/mol. The van der Waals surface area contributed by atoms with Crippen molar-refractivity contribution in [2.75, 3.05) is 0 Å². The molecular formula is C30H27FN2O5. The Morgan fingerprint density at radius 2 is 1.34 bits per heavy atom. The molecule has 0 bridgehead atoms. The van der Waals surface area contributed by atoms with E-state index in [0.29, 0.717) is 13.1 Å². The van der Waals surface area contributed by atoms with Gasteiger partial charge in [-0.25, -0.2) is 4.39 Å².